The lowest BCUT2D eigenvalue weighted by Crippen LogP contribution is -2.20. The van der Waals surface area contributed by atoms with Gasteiger partial charge in [-0.1, -0.05) is 65.1 Å². The topological polar surface area (TPSA) is 21.3 Å². The Morgan fingerprint density at radius 3 is 2.25 bits per heavy atom. The molecule has 0 unspecified atom stereocenters. The first-order valence-electron chi connectivity index (χ1n) is 6.19. The molecular weight excluding hydrogens is 317 g/mol. The maximum Gasteiger partial charge on any atom is 0.156 e. The molecule has 0 atom stereocenters. The van der Waals surface area contributed by atoms with Crippen molar-refractivity contribution in [2.24, 2.45) is 0 Å². The van der Waals surface area contributed by atoms with E-state index in [9.17, 15) is 0 Å². The van der Waals surface area contributed by atoms with Crippen LogP contribution in [0.25, 0.3) is 0 Å². The number of nitrogens with one attached hydrogen (secondary N) is 1. The van der Waals surface area contributed by atoms with Crippen LogP contribution in [0.3, 0.4) is 0 Å². The van der Waals surface area contributed by atoms with Gasteiger partial charge >= 0.3 is 0 Å². The van der Waals surface area contributed by atoms with Crippen molar-refractivity contribution in [3.05, 3.63) is 63.1 Å². The van der Waals surface area contributed by atoms with E-state index in [1.165, 1.54) is 5.56 Å². The van der Waals surface area contributed by atoms with Gasteiger partial charge < -0.3 is 10.1 Å². The Balaban J connectivity index is 1.76. The average molecular weight is 331 g/mol. The minimum Gasteiger partial charge on any atom is -0.489 e. The lowest BCUT2D eigenvalue weighted by molar-refractivity contribution is 0.314. The number of hydrogen-bond acceptors (Lipinski definition) is 2. The zero-order valence-electron chi connectivity index (χ0n) is 10.7. The van der Waals surface area contributed by atoms with Crippen LogP contribution in [0, 0.1) is 0 Å². The van der Waals surface area contributed by atoms with Crippen LogP contribution in [0.15, 0.2) is 42.5 Å². The van der Waals surface area contributed by atoms with Crippen molar-refractivity contribution in [1.82, 2.24) is 5.32 Å². The van der Waals surface area contributed by atoms with Crippen LogP contribution in [-0.4, -0.2) is 13.2 Å². The van der Waals surface area contributed by atoms with Crippen LogP contribution in [0.4, 0.5) is 0 Å². The molecule has 2 aromatic rings. The van der Waals surface area contributed by atoms with Gasteiger partial charge in [-0.2, -0.15) is 0 Å². The van der Waals surface area contributed by atoms with Gasteiger partial charge in [0, 0.05) is 18.1 Å². The molecule has 2 nitrogen and oxygen atoms in total. The van der Waals surface area contributed by atoms with Crippen LogP contribution in [0.5, 0.6) is 5.75 Å². The van der Waals surface area contributed by atoms with Gasteiger partial charge in [0.05, 0.1) is 10.0 Å². The summed E-state index contributed by atoms with van der Waals surface area (Å²) in [5.74, 6) is 0.472. The van der Waals surface area contributed by atoms with Gasteiger partial charge in [-0.3, -0.25) is 0 Å². The fourth-order valence-corrected chi connectivity index (χ4v) is 2.65. The molecule has 0 bridgehead atoms. The SMILES string of the molecule is Clc1cc(Cl)c(OCCNCc2ccccc2)c(Cl)c1. The van der Waals surface area contributed by atoms with E-state index < -0.39 is 0 Å². The third-order valence-corrected chi connectivity index (χ3v) is 3.44. The molecule has 0 aromatic heterocycles. The van der Waals surface area contributed by atoms with Crippen LogP contribution in [-0.2, 0) is 6.54 Å². The van der Waals surface area contributed by atoms with Crippen LogP contribution in [0.2, 0.25) is 15.1 Å². The average Bonchev–Trinajstić information content (AvgIpc) is 2.42. The second kappa shape index (κ2) is 7.75. The summed E-state index contributed by atoms with van der Waals surface area (Å²) in [5, 5.41) is 4.62. The van der Waals surface area contributed by atoms with Crippen LogP contribution < -0.4 is 10.1 Å². The largest absolute Gasteiger partial charge is 0.489 e. The molecule has 0 fully saturated rings. The maximum absolute atomic E-state index is 6.03. The number of benzene rings is 2. The van der Waals surface area contributed by atoms with Gasteiger partial charge in [-0.05, 0) is 17.7 Å². The first-order valence-corrected chi connectivity index (χ1v) is 7.32. The Labute approximate surface area is 133 Å². The standard InChI is InChI=1S/C15H14Cl3NO/c16-12-8-13(17)15(14(18)9-12)20-7-6-19-10-11-4-2-1-3-5-11/h1-5,8-9,19H,6-7,10H2. The first kappa shape index (κ1) is 15.5. The molecule has 0 saturated heterocycles. The molecule has 0 aliphatic rings. The maximum atomic E-state index is 6.03. The van der Waals surface area contributed by atoms with E-state index in [-0.39, 0.29) is 0 Å². The van der Waals surface area contributed by atoms with Crippen molar-refractivity contribution in [2.45, 2.75) is 6.54 Å². The molecule has 5 heteroatoms. The highest BCUT2D eigenvalue weighted by Crippen LogP contribution is 2.35. The second-order valence-electron chi connectivity index (χ2n) is 4.21. The first-order chi connectivity index (χ1) is 9.66. The highest BCUT2D eigenvalue weighted by atomic mass is 35.5. The third-order valence-electron chi connectivity index (χ3n) is 2.66. The highest BCUT2D eigenvalue weighted by molar-refractivity contribution is 6.40. The van der Waals surface area contributed by atoms with E-state index in [1.807, 2.05) is 18.2 Å². The smallest absolute Gasteiger partial charge is 0.156 e. The molecular formula is C15H14Cl3NO. The quantitative estimate of drug-likeness (QED) is 0.767. The molecule has 0 aliphatic carbocycles. The zero-order chi connectivity index (χ0) is 14.4. The van der Waals surface area contributed by atoms with E-state index in [4.69, 9.17) is 39.5 Å². The molecule has 1 N–H and O–H groups in total. The van der Waals surface area contributed by atoms with Crippen molar-refractivity contribution < 1.29 is 4.74 Å². The van der Waals surface area contributed by atoms with Crippen molar-refractivity contribution in [2.75, 3.05) is 13.2 Å². The van der Waals surface area contributed by atoms with E-state index in [2.05, 4.69) is 17.4 Å². The summed E-state index contributed by atoms with van der Waals surface area (Å²) in [5.41, 5.74) is 1.23. The van der Waals surface area contributed by atoms with Crippen LogP contribution >= 0.6 is 34.8 Å². The monoisotopic (exact) mass is 329 g/mol. The lowest BCUT2D eigenvalue weighted by Gasteiger charge is -2.11. The molecule has 0 amide bonds. The molecule has 0 spiro atoms. The molecule has 20 heavy (non-hydrogen) atoms. The Bertz CT molecular complexity index is 537. The number of ether oxygens (including phenoxy) is 1. The Morgan fingerprint density at radius 1 is 0.950 bits per heavy atom. The molecule has 0 heterocycles. The van der Waals surface area contributed by atoms with Crippen molar-refractivity contribution >= 4 is 34.8 Å². The van der Waals surface area contributed by atoms with Crippen molar-refractivity contribution in [3.63, 3.8) is 0 Å². The van der Waals surface area contributed by atoms with Crippen molar-refractivity contribution in [3.8, 4) is 5.75 Å². The molecule has 0 radical (unpaired) electrons. The predicted octanol–water partition coefficient (Wildman–Crippen LogP) is 4.82. The van der Waals surface area contributed by atoms with Gasteiger partial charge in [0.2, 0.25) is 0 Å². The summed E-state index contributed by atoms with van der Waals surface area (Å²) in [6.45, 7) is 1.98. The van der Waals surface area contributed by atoms with E-state index in [1.54, 1.807) is 12.1 Å². The fourth-order valence-electron chi connectivity index (χ4n) is 1.72. The van der Waals surface area contributed by atoms with Crippen LogP contribution in [0.1, 0.15) is 5.56 Å². The number of rotatable bonds is 6. The molecule has 2 aromatic carbocycles. The number of hydrogen-bond donors (Lipinski definition) is 1. The Kier molecular flexibility index (Phi) is 5.99. The van der Waals surface area contributed by atoms with E-state index >= 15 is 0 Å². The summed E-state index contributed by atoms with van der Waals surface area (Å²) >= 11 is 17.9. The lowest BCUT2D eigenvalue weighted by atomic mass is 10.2. The molecule has 0 aliphatic heterocycles. The van der Waals surface area contributed by atoms with E-state index in [0.29, 0.717) is 34.0 Å². The zero-order valence-corrected chi connectivity index (χ0v) is 13.0. The van der Waals surface area contributed by atoms with Gasteiger partial charge in [0.25, 0.3) is 0 Å². The van der Waals surface area contributed by atoms with Crippen molar-refractivity contribution in [1.29, 1.82) is 0 Å². The summed E-state index contributed by atoms with van der Waals surface area (Å²) in [6, 6.07) is 13.4. The Morgan fingerprint density at radius 2 is 1.60 bits per heavy atom. The summed E-state index contributed by atoms with van der Waals surface area (Å²) in [6.07, 6.45) is 0. The summed E-state index contributed by atoms with van der Waals surface area (Å²) < 4.78 is 5.58. The summed E-state index contributed by atoms with van der Waals surface area (Å²) in [7, 11) is 0. The van der Waals surface area contributed by atoms with Gasteiger partial charge in [0.15, 0.2) is 5.75 Å². The fraction of sp³-hybridized carbons (Fsp3) is 0.200. The van der Waals surface area contributed by atoms with Gasteiger partial charge in [-0.15, -0.1) is 0 Å². The van der Waals surface area contributed by atoms with E-state index in [0.717, 1.165) is 6.54 Å². The molecule has 2 rings (SSSR count). The number of halogens is 3. The Hall–Kier alpha value is -0.930. The predicted molar refractivity (Wildman–Crippen MR) is 85.1 cm³/mol. The van der Waals surface area contributed by atoms with Gasteiger partial charge in [-0.25, -0.2) is 0 Å². The minimum atomic E-state index is 0.422. The molecule has 106 valence electrons. The van der Waals surface area contributed by atoms with Gasteiger partial charge in [0.1, 0.15) is 6.61 Å². The minimum absolute atomic E-state index is 0.422. The second-order valence-corrected chi connectivity index (χ2v) is 5.46. The third kappa shape index (κ3) is 4.57. The molecule has 0 saturated carbocycles. The summed E-state index contributed by atoms with van der Waals surface area (Å²) in [4.78, 5) is 0. The highest BCUT2D eigenvalue weighted by Gasteiger charge is 2.08. The normalized spacial score (nSPS) is 10.6.